The molecule has 2 aromatic rings. The maximum Gasteiger partial charge on any atom is 0.343 e. The van der Waals surface area contributed by atoms with Crippen LogP contribution in [0.15, 0.2) is 42.0 Å². The maximum atomic E-state index is 12.4. The summed E-state index contributed by atoms with van der Waals surface area (Å²) in [5.41, 5.74) is 1.97. The average molecular weight is 511 g/mol. The smallest absolute Gasteiger partial charge is 0.343 e. The fourth-order valence-corrected chi connectivity index (χ4v) is 2.98. The zero-order valence-corrected chi connectivity index (χ0v) is 18.0. The molecule has 0 unspecified atom stereocenters. The Morgan fingerprint density at radius 2 is 2.04 bits per heavy atom. The lowest BCUT2D eigenvalue weighted by molar-refractivity contribution is -0.142. The average Bonchev–Trinajstić information content (AvgIpc) is 2.67. The molecule has 8 heteroatoms. The van der Waals surface area contributed by atoms with Crippen LogP contribution in [0.3, 0.4) is 0 Å². The molecule has 0 aliphatic rings. The highest BCUT2D eigenvalue weighted by Gasteiger charge is 2.11. The summed E-state index contributed by atoms with van der Waals surface area (Å²) in [4.78, 5) is 23.5. The monoisotopic (exact) mass is 510 g/mol. The largest absolute Gasteiger partial charge is 0.481 e. The molecule has 0 bridgehead atoms. The van der Waals surface area contributed by atoms with Crippen molar-refractivity contribution in [2.75, 3.05) is 19.0 Å². The van der Waals surface area contributed by atoms with Gasteiger partial charge in [0.05, 0.1) is 10.7 Å². The van der Waals surface area contributed by atoms with Crippen LogP contribution >= 0.6 is 34.2 Å². The Balaban J connectivity index is 2.15. The number of ether oxygens (including phenoxy) is 2. The number of carbonyl (C=O) groups excluding carboxylic acids is 2. The van der Waals surface area contributed by atoms with Gasteiger partial charge in [-0.05, 0) is 71.0 Å². The van der Waals surface area contributed by atoms with E-state index in [9.17, 15) is 14.9 Å². The molecule has 6 nitrogen and oxygen atoms in total. The molecule has 1 amide bonds. The van der Waals surface area contributed by atoms with Gasteiger partial charge in [0.1, 0.15) is 17.4 Å². The molecule has 1 N–H and O–H groups in total. The van der Waals surface area contributed by atoms with Crippen LogP contribution in [0.5, 0.6) is 5.75 Å². The topological polar surface area (TPSA) is 88.4 Å². The molecule has 0 aromatic heterocycles. The fraction of sp³-hybridized carbons (Fsp3) is 0.150. The SMILES string of the molecule is COC(=O)COc1ccc(/C=C(/C#N)C(=O)Nc2ccc(C)c(Cl)c2)cc1I. The van der Waals surface area contributed by atoms with E-state index < -0.39 is 11.9 Å². The van der Waals surface area contributed by atoms with Gasteiger partial charge in [-0.2, -0.15) is 5.26 Å². The van der Waals surface area contributed by atoms with Gasteiger partial charge in [-0.3, -0.25) is 4.79 Å². The molecule has 0 fully saturated rings. The summed E-state index contributed by atoms with van der Waals surface area (Å²) in [6.45, 7) is 1.65. The van der Waals surface area contributed by atoms with Gasteiger partial charge in [0.25, 0.3) is 5.91 Å². The zero-order chi connectivity index (χ0) is 20.7. The molecule has 0 aliphatic carbocycles. The lowest BCUT2D eigenvalue weighted by Gasteiger charge is -2.08. The number of hydrogen-bond donors (Lipinski definition) is 1. The van der Waals surface area contributed by atoms with E-state index in [1.165, 1.54) is 13.2 Å². The van der Waals surface area contributed by atoms with Crippen molar-refractivity contribution < 1.29 is 19.1 Å². The Labute approximate surface area is 181 Å². The number of halogens is 2. The van der Waals surface area contributed by atoms with Gasteiger partial charge >= 0.3 is 5.97 Å². The van der Waals surface area contributed by atoms with Crippen molar-refractivity contribution in [3.05, 3.63) is 61.7 Å². The van der Waals surface area contributed by atoms with Crippen molar-refractivity contribution in [2.24, 2.45) is 0 Å². The lowest BCUT2D eigenvalue weighted by atomic mass is 10.1. The van der Waals surface area contributed by atoms with E-state index in [4.69, 9.17) is 16.3 Å². The van der Waals surface area contributed by atoms with Crippen LogP contribution in [0.1, 0.15) is 11.1 Å². The second-order valence-corrected chi connectivity index (χ2v) is 7.21. The van der Waals surface area contributed by atoms with Crippen molar-refractivity contribution in [1.82, 2.24) is 0 Å². The summed E-state index contributed by atoms with van der Waals surface area (Å²) in [6, 6.07) is 12.1. The molecule has 0 heterocycles. The number of carbonyl (C=O) groups is 2. The van der Waals surface area contributed by atoms with Crippen LogP contribution < -0.4 is 10.1 Å². The van der Waals surface area contributed by atoms with Gasteiger partial charge < -0.3 is 14.8 Å². The predicted octanol–water partition coefficient (Wildman–Crippen LogP) is 4.35. The third-order valence-electron chi connectivity index (χ3n) is 3.63. The number of hydrogen-bond acceptors (Lipinski definition) is 5. The summed E-state index contributed by atoms with van der Waals surface area (Å²) >= 11 is 8.10. The Morgan fingerprint density at radius 1 is 1.29 bits per heavy atom. The Bertz CT molecular complexity index is 983. The van der Waals surface area contributed by atoms with E-state index in [0.29, 0.717) is 22.0 Å². The van der Waals surface area contributed by atoms with Gasteiger partial charge in [-0.1, -0.05) is 23.7 Å². The van der Waals surface area contributed by atoms with Crippen LogP contribution in [0.2, 0.25) is 5.02 Å². The molecule has 0 aliphatic heterocycles. The quantitative estimate of drug-likeness (QED) is 0.270. The van der Waals surface area contributed by atoms with Gasteiger partial charge in [0.15, 0.2) is 6.61 Å². The van der Waals surface area contributed by atoms with Crippen molar-refractivity contribution in [3.8, 4) is 11.8 Å². The first-order valence-electron chi connectivity index (χ1n) is 8.02. The lowest BCUT2D eigenvalue weighted by Crippen LogP contribution is -2.13. The molecule has 0 saturated carbocycles. The molecule has 0 saturated heterocycles. The third kappa shape index (κ3) is 5.97. The first kappa shape index (κ1) is 21.7. The van der Waals surface area contributed by atoms with Crippen LogP contribution in [0.25, 0.3) is 6.08 Å². The van der Waals surface area contributed by atoms with Crippen molar-refractivity contribution in [3.63, 3.8) is 0 Å². The summed E-state index contributed by atoms with van der Waals surface area (Å²) in [7, 11) is 1.28. The number of nitriles is 1. The highest BCUT2D eigenvalue weighted by Crippen LogP contribution is 2.24. The minimum Gasteiger partial charge on any atom is -0.481 e. The van der Waals surface area contributed by atoms with Gasteiger partial charge in [0, 0.05) is 10.7 Å². The molecule has 0 radical (unpaired) electrons. The van der Waals surface area contributed by atoms with E-state index >= 15 is 0 Å². The summed E-state index contributed by atoms with van der Waals surface area (Å²) in [5.74, 6) is -0.525. The number of nitrogens with one attached hydrogen (secondary N) is 1. The number of methoxy groups -OCH3 is 1. The fourth-order valence-electron chi connectivity index (χ4n) is 2.10. The van der Waals surface area contributed by atoms with E-state index in [1.54, 1.807) is 36.4 Å². The van der Waals surface area contributed by atoms with E-state index in [0.717, 1.165) is 9.13 Å². The Kier molecular flexibility index (Phi) is 7.84. The number of nitrogens with zero attached hydrogens (tertiary/aromatic N) is 1. The van der Waals surface area contributed by atoms with E-state index in [-0.39, 0.29) is 12.2 Å². The maximum absolute atomic E-state index is 12.4. The number of amides is 1. The van der Waals surface area contributed by atoms with Crippen LogP contribution in [0, 0.1) is 21.8 Å². The van der Waals surface area contributed by atoms with Crippen molar-refractivity contribution in [1.29, 1.82) is 5.26 Å². The van der Waals surface area contributed by atoms with Gasteiger partial charge in [-0.15, -0.1) is 0 Å². The predicted molar refractivity (Wildman–Crippen MR) is 115 cm³/mol. The standard InChI is InChI=1S/C20H16ClIN2O4/c1-12-3-5-15(9-16(12)21)24-20(26)14(10-23)7-13-4-6-18(17(22)8-13)28-11-19(25)27-2/h3-9H,11H2,1-2H3,(H,24,26)/b14-7-. The number of benzene rings is 2. The molecular formula is C20H16ClIN2O4. The number of esters is 1. The molecule has 2 rings (SSSR count). The van der Waals surface area contributed by atoms with E-state index in [1.807, 2.05) is 35.6 Å². The summed E-state index contributed by atoms with van der Waals surface area (Å²) < 4.78 is 10.6. The van der Waals surface area contributed by atoms with Gasteiger partial charge in [0.2, 0.25) is 0 Å². The normalized spacial score (nSPS) is 10.8. The minimum absolute atomic E-state index is 0.0595. The Morgan fingerprint density at radius 3 is 2.64 bits per heavy atom. The van der Waals surface area contributed by atoms with Crippen LogP contribution in [-0.2, 0) is 14.3 Å². The summed E-state index contributed by atoms with van der Waals surface area (Å²) in [6.07, 6.45) is 1.47. The third-order valence-corrected chi connectivity index (χ3v) is 4.89. The second-order valence-electron chi connectivity index (χ2n) is 5.64. The molecule has 2 aromatic carbocycles. The second kappa shape index (κ2) is 10.1. The molecular weight excluding hydrogens is 495 g/mol. The zero-order valence-electron chi connectivity index (χ0n) is 15.1. The molecule has 144 valence electrons. The van der Waals surface area contributed by atoms with Crippen LogP contribution in [0.4, 0.5) is 5.69 Å². The van der Waals surface area contributed by atoms with Gasteiger partial charge in [-0.25, -0.2) is 4.79 Å². The summed E-state index contributed by atoms with van der Waals surface area (Å²) in [5, 5.41) is 12.5. The van der Waals surface area contributed by atoms with Crippen molar-refractivity contribution in [2.45, 2.75) is 6.92 Å². The first-order chi connectivity index (χ1) is 13.3. The first-order valence-corrected chi connectivity index (χ1v) is 9.48. The highest BCUT2D eigenvalue weighted by molar-refractivity contribution is 14.1. The number of aryl methyl sites for hydroxylation is 1. The minimum atomic E-state index is -0.538. The molecule has 0 spiro atoms. The number of anilines is 1. The van der Waals surface area contributed by atoms with E-state index in [2.05, 4.69) is 10.1 Å². The van der Waals surface area contributed by atoms with Crippen LogP contribution in [-0.4, -0.2) is 25.6 Å². The Hall–Kier alpha value is -2.57. The number of rotatable bonds is 6. The van der Waals surface area contributed by atoms with Crippen molar-refractivity contribution >= 4 is 57.8 Å². The molecule has 0 atom stereocenters. The highest BCUT2D eigenvalue weighted by atomic mass is 127. The molecule has 28 heavy (non-hydrogen) atoms.